The molecule has 1 aliphatic rings. The van der Waals surface area contributed by atoms with Gasteiger partial charge in [0.15, 0.2) is 0 Å². The van der Waals surface area contributed by atoms with Gasteiger partial charge in [-0.3, -0.25) is 0 Å². The topological polar surface area (TPSA) is 50.3 Å². The lowest BCUT2D eigenvalue weighted by molar-refractivity contribution is 0.222. The quantitative estimate of drug-likeness (QED) is 0.615. The molecule has 1 aromatic heterocycles. The first-order chi connectivity index (χ1) is 10.2. The molecule has 0 atom stereocenters. The van der Waals surface area contributed by atoms with Crippen molar-refractivity contribution in [2.24, 2.45) is 0 Å². The zero-order valence-electron chi connectivity index (χ0n) is 13.4. The fourth-order valence-corrected chi connectivity index (χ4v) is 2.41. The van der Waals surface area contributed by atoms with Crippen molar-refractivity contribution in [3.8, 4) is 0 Å². The largest absolute Gasteiger partial charge is 0.380 e. The standard InChI is InChI=1S/C16H26N4O/c1-4-7-17-10-15-11-18-16(19-13(15)2)20-8-5-14(6-9-20)12-21-3/h5,11,17H,4,6-10,12H2,1-3H3. The highest BCUT2D eigenvalue weighted by Gasteiger charge is 2.15. The summed E-state index contributed by atoms with van der Waals surface area (Å²) in [5, 5.41) is 3.39. The molecule has 5 heteroatoms. The molecule has 0 bridgehead atoms. The van der Waals surface area contributed by atoms with E-state index in [1.807, 2.05) is 6.20 Å². The predicted octanol–water partition coefficient (Wildman–Crippen LogP) is 2.07. The Kier molecular flexibility index (Phi) is 6.14. The zero-order chi connectivity index (χ0) is 15.1. The van der Waals surface area contributed by atoms with Crippen LogP contribution in [0.25, 0.3) is 0 Å². The third-order valence-electron chi connectivity index (χ3n) is 3.73. The SMILES string of the molecule is CCCNCc1cnc(N2CC=C(COC)CC2)nc1C. The smallest absolute Gasteiger partial charge is 0.225 e. The van der Waals surface area contributed by atoms with E-state index in [9.17, 15) is 0 Å². The number of anilines is 1. The monoisotopic (exact) mass is 290 g/mol. The Morgan fingerprint density at radius 2 is 2.29 bits per heavy atom. The Bertz CT molecular complexity index is 487. The van der Waals surface area contributed by atoms with Crippen LogP contribution in [0.15, 0.2) is 17.8 Å². The molecule has 116 valence electrons. The van der Waals surface area contributed by atoms with Crippen molar-refractivity contribution in [1.82, 2.24) is 15.3 Å². The first kappa shape index (κ1) is 15.9. The average Bonchev–Trinajstić information content (AvgIpc) is 2.50. The Balaban J connectivity index is 1.97. The first-order valence-electron chi connectivity index (χ1n) is 7.69. The fraction of sp³-hybridized carbons (Fsp3) is 0.625. The van der Waals surface area contributed by atoms with Gasteiger partial charge in [0.2, 0.25) is 5.95 Å². The molecule has 5 nitrogen and oxygen atoms in total. The van der Waals surface area contributed by atoms with Crippen LogP contribution in [-0.4, -0.2) is 43.3 Å². The van der Waals surface area contributed by atoms with Crippen LogP contribution in [0.3, 0.4) is 0 Å². The van der Waals surface area contributed by atoms with E-state index in [4.69, 9.17) is 4.74 Å². The van der Waals surface area contributed by atoms with E-state index in [0.717, 1.165) is 57.3 Å². The van der Waals surface area contributed by atoms with Gasteiger partial charge in [-0.15, -0.1) is 0 Å². The van der Waals surface area contributed by atoms with Crippen molar-refractivity contribution in [3.05, 3.63) is 29.1 Å². The summed E-state index contributed by atoms with van der Waals surface area (Å²) in [6.07, 6.45) is 6.34. The summed E-state index contributed by atoms with van der Waals surface area (Å²) in [6, 6.07) is 0. The molecule has 0 saturated heterocycles. The Morgan fingerprint density at radius 3 is 2.90 bits per heavy atom. The molecule has 0 fully saturated rings. The molecule has 0 aromatic carbocycles. The highest BCUT2D eigenvalue weighted by atomic mass is 16.5. The lowest BCUT2D eigenvalue weighted by Crippen LogP contribution is -2.31. The van der Waals surface area contributed by atoms with Crippen molar-refractivity contribution in [1.29, 1.82) is 0 Å². The molecule has 1 aromatic rings. The van der Waals surface area contributed by atoms with Gasteiger partial charge in [0.05, 0.1) is 6.61 Å². The minimum Gasteiger partial charge on any atom is -0.380 e. The van der Waals surface area contributed by atoms with E-state index >= 15 is 0 Å². The number of aryl methyl sites for hydroxylation is 1. The van der Waals surface area contributed by atoms with Gasteiger partial charge in [-0.25, -0.2) is 9.97 Å². The zero-order valence-corrected chi connectivity index (χ0v) is 13.4. The molecule has 1 aliphatic heterocycles. The van der Waals surface area contributed by atoms with Gasteiger partial charge in [0, 0.05) is 44.2 Å². The molecule has 0 unspecified atom stereocenters. The van der Waals surface area contributed by atoms with Crippen LogP contribution < -0.4 is 10.2 Å². The Hall–Kier alpha value is -1.46. The van der Waals surface area contributed by atoms with Crippen LogP contribution in [0.4, 0.5) is 5.95 Å². The van der Waals surface area contributed by atoms with Crippen molar-refractivity contribution in [2.45, 2.75) is 33.2 Å². The van der Waals surface area contributed by atoms with Crippen LogP contribution in [0.2, 0.25) is 0 Å². The lowest BCUT2D eigenvalue weighted by Gasteiger charge is -2.26. The van der Waals surface area contributed by atoms with Crippen LogP contribution in [0, 0.1) is 6.92 Å². The van der Waals surface area contributed by atoms with Crippen molar-refractivity contribution >= 4 is 5.95 Å². The van der Waals surface area contributed by atoms with E-state index in [2.05, 4.69) is 40.1 Å². The van der Waals surface area contributed by atoms with E-state index in [1.54, 1.807) is 7.11 Å². The van der Waals surface area contributed by atoms with Crippen molar-refractivity contribution in [2.75, 3.05) is 38.3 Å². The number of ether oxygens (including phenoxy) is 1. The highest BCUT2D eigenvalue weighted by molar-refractivity contribution is 5.36. The summed E-state index contributed by atoms with van der Waals surface area (Å²) in [4.78, 5) is 11.4. The fourth-order valence-electron chi connectivity index (χ4n) is 2.41. The van der Waals surface area contributed by atoms with E-state index in [-0.39, 0.29) is 0 Å². The number of methoxy groups -OCH3 is 1. The van der Waals surface area contributed by atoms with Crippen LogP contribution >= 0.6 is 0 Å². The van der Waals surface area contributed by atoms with E-state index in [0.29, 0.717) is 0 Å². The predicted molar refractivity (Wildman–Crippen MR) is 85.6 cm³/mol. The van der Waals surface area contributed by atoms with Gasteiger partial charge in [0.25, 0.3) is 0 Å². The second-order valence-corrected chi connectivity index (χ2v) is 5.45. The number of rotatable bonds is 7. The molecular formula is C16H26N4O. The molecule has 0 saturated carbocycles. The average molecular weight is 290 g/mol. The maximum absolute atomic E-state index is 5.18. The third-order valence-corrected chi connectivity index (χ3v) is 3.73. The second kappa shape index (κ2) is 8.10. The van der Waals surface area contributed by atoms with Gasteiger partial charge >= 0.3 is 0 Å². The van der Waals surface area contributed by atoms with Gasteiger partial charge < -0.3 is 15.0 Å². The minimum atomic E-state index is 0.732. The summed E-state index contributed by atoms with van der Waals surface area (Å²) < 4.78 is 5.18. The third kappa shape index (κ3) is 4.51. The molecule has 1 N–H and O–H groups in total. The summed E-state index contributed by atoms with van der Waals surface area (Å²) in [5.74, 6) is 0.833. The molecular weight excluding hydrogens is 264 g/mol. The summed E-state index contributed by atoms with van der Waals surface area (Å²) >= 11 is 0. The van der Waals surface area contributed by atoms with Gasteiger partial charge in [-0.05, 0) is 31.9 Å². The van der Waals surface area contributed by atoms with Crippen LogP contribution in [0.1, 0.15) is 31.0 Å². The molecule has 0 amide bonds. The summed E-state index contributed by atoms with van der Waals surface area (Å²) in [6.45, 7) is 8.66. The van der Waals surface area contributed by atoms with Crippen LogP contribution in [-0.2, 0) is 11.3 Å². The Labute approximate surface area is 127 Å². The van der Waals surface area contributed by atoms with Crippen molar-refractivity contribution < 1.29 is 4.74 Å². The number of hydrogen-bond acceptors (Lipinski definition) is 5. The van der Waals surface area contributed by atoms with E-state index < -0.39 is 0 Å². The number of nitrogens with zero attached hydrogens (tertiary/aromatic N) is 3. The maximum atomic E-state index is 5.18. The van der Waals surface area contributed by atoms with Crippen LogP contribution in [0.5, 0.6) is 0 Å². The minimum absolute atomic E-state index is 0.732. The van der Waals surface area contributed by atoms with Gasteiger partial charge in [-0.1, -0.05) is 13.0 Å². The number of hydrogen-bond donors (Lipinski definition) is 1. The highest BCUT2D eigenvalue weighted by Crippen LogP contribution is 2.17. The second-order valence-electron chi connectivity index (χ2n) is 5.45. The maximum Gasteiger partial charge on any atom is 0.225 e. The number of aromatic nitrogens is 2. The molecule has 2 rings (SSSR count). The van der Waals surface area contributed by atoms with Crippen molar-refractivity contribution in [3.63, 3.8) is 0 Å². The molecule has 2 heterocycles. The summed E-state index contributed by atoms with van der Waals surface area (Å²) in [5.41, 5.74) is 3.61. The molecule has 0 spiro atoms. The molecule has 0 aliphatic carbocycles. The first-order valence-corrected chi connectivity index (χ1v) is 7.69. The lowest BCUT2D eigenvalue weighted by atomic mass is 10.1. The molecule has 0 radical (unpaired) electrons. The number of nitrogens with one attached hydrogen (secondary N) is 1. The van der Waals surface area contributed by atoms with E-state index in [1.165, 1.54) is 11.1 Å². The molecule has 21 heavy (non-hydrogen) atoms. The Morgan fingerprint density at radius 1 is 1.43 bits per heavy atom. The summed E-state index contributed by atoms with van der Waals surface area (Å²) in [7, 11) is 1.74. The van der Waals surface area contributed by atoms with Gasteiger partial charge in [0.1, 0.15) is 0 Å². The normalized spacial score (nSPS) is 15.2. The van der Waals surface area contributed by atoms with Gasteiger partial charge in [-0.2, -0.15) is 0 Å².